The monoisotopic (exact) mass is 515 g/mol. The number of nitrogens with one attached hydrogen (secondary N) is 2. The zero-order valence-corrected chi connectivity index (χ0v) is 20.1. The fraction of sp³-hybridized carbons (Fsp3) is 0.192. The summed E-state index contributed by atoms with van der Waals surface area (Å²) in [6.07, 6.45) is -0.868. The summed E-state index contributed by atoms with van der Waals surface area (Å²) >= 11 is 1.49. The van der Waals surface area contributed by atoms with Crippen LogP contribution < -0.4 is 15.5 Å². The van der Waals surface area contributed by atoms with Crippen molar-refractivity contribution in [2.24, 2.45) is 5.10 Å². The average Bonchev–Trinajstić information content (AvgIpc) is 2.87. The van der Waals surface area contributed by atoms with Gasteiger partial charge in [-0.05, 0) is 84.7 Å². The van der Waals surface area contributed by atoms with Gasteiger partial charge in [-0.25, -0.2) is 5.43 Å². The number of alkyl halides is 3. The van der Waals surface area contributed by atoms with Crippen LogP contribution in [0.3, 0.4) is 0 Å². The Kier molecular flexibility index (Phi) is 9.52. The smallest absolute Gasteiger partial charge is 0.416 e. The lowest BCUT2D eigenvalue weighted by Gasteiger charge is -2.17. The Bertz CT molecular complexity index is 1170. The molecule has 188 valence electrons. The molecule has 10 heteroatoms. The first-order chi connectivity index (χ1) is 17.3. The lowest BCUT2D eigenvalue weighted by Crippen LogP contribution is -2.45. The van der Waals surface area contributed by atoms with E-state index in [9.17, 15) is 22.8 Å². The van der Waals surface area contributed by atoms with Crippen LogP contribution in [0.15, 0.2) is 84.0 Å². The number of ether oxygens (including phenoxy) is 1. The van der Waals surface area contributed by atoms with E-state index in [-0.39, 0.29) is 5.56 Å². The summed E-state index contributed by atoms with van der Waals surface area (Å²) in [6.45, 7) is 0. The summed E-state index contributed by atoms with van der Waals surface area (Å²) in [5.74, 6) is 0.747. The fourth-order valence-corrected chi connectivity index (χ4v) is 3.52. The minimum atomic E-state index is -4.50. The number of benzene rings is 3. The molecule has 0 heterocycles. The number of rotatable bonds is 10. The number of carbonyl (C=O) groups is 2. The maximum Gasteiger partial charge on any atom is 0.416 e. The van der Waals surface area contributed by atoms with Crippen molar-refractivity contribution < 1.29 is 27.5 Å². The van der Waals surface area contributed by atoms with Gasteiger partial charge in [0.15, 0.2) is 0 Å². The van der Waals surface area contributed by atoms with E-state index in [0.717, 1.165) is 24.3 Å². The zero-order valence-electron chi connectivity index (χ0n) is 19.3. The second-order valence-corrected chi connectivity index (χ2v) is 8.59. The van der Waals surface area contributed by atoms with Crippen molar-refractivity contribution in [1.29, 1.82) is 0 Å². The molecule has 0 aliphatic rings. The van der Waals surface area contributed by atoms with Gasteiger partial charge in [0.05, 0.1) is 11.8 Å². The zero-order chi connectivity index (χ0) is 26.0. The maximum absolute atomic E-state index is 12.8. The molecule has 0 bridgehead atoms. The van der Waals surface area contributed by atoms with Gasteiger partial charge in [-0.15, -0.1) is 0 Å². The minimum absolute atomic E-state index is 0.0197. The van der Waals surface area contributed by atoms with Crippen molar-refractivity contribution in [2.45, 2.75) is 18.6 Å². The van der Waals surface area contributed by atoms with Crippen LogP contribution in [0.4, 0.5) is 13.2 Å². The molecule has 3 aromatic rings. The van der Waals surface area contributed by atoms with E-state index in [2.05, 4.69) is 15.8 Å². The van der Waals surface area contributed by atoms with Gasteiger partial charge in [0.1, 0.15) is 17.5 Å². The Morgan fingerprint density at radius 1 is 0.972 bits per heavy atom. The summed E-state index contributed by atoms with van der Waals surface area (Å²) in [5.41, 5.74) is 2.28. The van der Waals surface area contributed by atoms with E-state index in [1.165, 1.54) is 18.0 Å². The first kappa shape index (κ1) is 26.8. The molecule has 1 atom stereocenters. The number of hydrogen-bond acceptors (Lipinski definition) is 5. The van der Waals surface area contributed by atoms with Crippen LogP contribution in [0.1, 0.15) is 27.9 Å². The first-order valence-electron chi connectivity index (χ1n) is 10.9. The van der Waals surface area contributed by atoms with Crippen molar-refractivity contribution in [1.82, 2.24) is 10.7 Å². The van der Waals surface area contributed by atoms with Crippen molar-refractivity contribution >= 4 is 29.8 Å². The summed E-state index contributed by atoms with van der Waals surface area (Å²) in [6, 6.07) is 19.3. The predicted octanol–water partition coefficient (Wildman–Crippen LogP) is 5.50. The van der Waals surface area contributed by atoms with Crippen molar-refractivity contribution in [3.05, 3.63) is 95.6 Å². The normalized spacial score (nSPS) is 12.2. The second kappa shape index (κ2) is 12.8. The lowest BCUT2D eigenvalue weighted by atomic mass is 10.1. The number of nitrogens with zero attached hydrogens (tertiary/aromatic N) is 1. The number of carbonyl (C=O) groups excluding carboxylic acids is 2. The quantitative estimate of drug-likeness (QED) is 0.276. The molecule has 3 rings (SSSR count). The summed E-state index contributed by atoms with van der Waals surface area (Å²) in [5, 5.41) is 6.52. The van der Waals surface area contributed by atoms with Gasteiger partial charge in [0, 0.05) is 5.56 Å². The average molecular weight is 516 g/mol. The molecule has 2 N–H and O–H groups in total. The Morgan fingerprint density at radius 2 is 1.61 bits per heavy atom. The molecule has 6 nitrogen and oxygen atoms in total. The first-order valence-corrected chi connectivity index (χ1v) is 12.3. The molecule has 0 fully saturated rings. The van der Waals surface area contributed by atoms with E-state index in [4.69, 9.17) is 4.74 Å². The molecule has 0 aliphatic heterocycles. The van der Waals surface area contributed by atoms with Crippen LogP contribution in [0.2, 0.25) is 0 Å². The van der Waals surface area contributed by atoms with E-state index < -0.39 is 29.6 Å². The van der Waals surface area contributed by atoms with Crippen molar-refractivity contribution in [3.63, 3.8) is 0 Å². The van der Waals surface area contributed by atoms with Gasteiger partial charge in [-0.3, -0.25) is 9.59 Å². The molecule has 0 saturated carbocycles. The van der Waals surface area contributed by atoms with Gasteiger partial charge in [-0.2, -0.15) is 30.0 Å². The highest BCUT2D eigenvalue weighted by Crippen LogP contribution is 2.29. The highest BCUT2D eigenvalue weighted by Gasteiger charge is 2.30. The highest BCUT2D eigenvalue weighted by atomic mass is 32.2. The third-order valence-corrected chi connectivity index (χ3v) is 5.60. The molecule has 0 saturated heterocycles. The Balaban J connectivity index is 1.57. The Hall–Kier alpha value is -3.79. The van der Waals surface area contributed by atoms with Crippen molar-refractivity contribution in [3.8, 4) is 11.5 Å². The van der Waals surface area contributed by atoms with E-state index in [1.807, 2.05) is 36.6 Å². The van der Waals surface area contributed by atoms with Crippen LogP contribution in [-0.2, 0) is 11.0 Å². The van der Waals surface area contributed by atoms with Gasteiger partial charge in [0.25, 0.3) is 11.8 Å². The lowest BCUT2D eigenvalue weighted by molar-refractivity contribution is -0.137. The summed E-state index contributed by atoms with van der Waals surface area (Å²) in [4.78, 5) is 25.1. The SMILES string of the molecule is CSCCC(NC(=O)c1ccc(C(F)(F)F)cc1)C(=O)NN=Cc1ccc(Oc2ccccc2)cc1. The van der Waals surface area contributed by atoms with Gasteiger partial charge < -0.3 is 10.1 Å². The van der Waals surface area contributed by atoms with Crippen LogP contribution in [0.25, 0.3) is 0 Å². The number of thioether (sulfide) groups is 1. The Morgan fingerprint density at radius 3 is 2.22 bits per heavy atom. The van der Waals surface area contributed by atoms with E-state index >= 15 is 0 Å². The number of hydrogen-bond donors (Lipinski definition) is 2. The van der Waals surface area contributed by atoms with Crippen LogP contribution >= 0.6 is 11.8 Å². The topological polar surface area (TPSA) is 79.8 Å². The third-order valence-electron chi connectivity index (χ3n) is 4.95. The van der Waals surface area contributed by atoms with E-state index in [0.29, 0.717) is 29.2 Å². The molecular formula is C26H24F3N3O3S. The molecule has 0 aromatic heterocycles. The van der Waals surface area contributed by atoms with Gasteiger partial charge in [0.2, 0.25) is 0 Å². The van der Waals surface area contributed by atoms with E-state index in [1.54, 1.807) is 24.3 Å². The molecule has 3 aromatic carbocycles. The number of hydrazone groups is 1. The van der Waals surface area contributed by atoms with Crippen molar-refractivity contribution in [2.75, 3.05) is 12.0 Å². The predicted molar refractivity (Wildman–Crippen MR) is 134 cm³/mol. The summed E-state index contributed by atoms with van der Waals surface area (Å²) in [7, 11) is 0. The maximum atomic E-state index is 12.8. The van der Waals surface area contributed by atoms with Crippen LogP contribution in [0, 0.1) is 0 Å². The molecule has 0 aliphatic carbocycles. The molecule has 36 heavy (non-hydrogen) atoms. The third kappa shape index (κ3) is 8.16. The largest absolute Gasteiger partial charge is 0.457 e. The highest BCUT2D eigenvalue weighted by molar-refractivity contribution is 7.98. The van der Waals surface area contributed by atoms with Crippen LogP contribution in [-0.4, -0.2) is 36.1 Å². The molecule has 0 radical (unpaired) electrons. The minimum Gasteiger partial charge on any atom is -0.457 e. The number of para-hydroxylation sites is 1. The number of halogens is 3. The number of amides is 2. The van der Waals surface area contributed by atoms with Crippen LogP contribution in [0.5, 0.6) is 11.5 Å². The standard InChI is InChI=1S/C26H24F3N3O3S/c1-36-16-15-23(31-24(33)19-9-11-20(12-10-19)26(27,28)29)25(34)32-30-17-18-7-13-22(14-8-18)35-21-5-3-2-4-6-21/h2-14,17,23H,15-16H2,1H3,(H,31,33)(H,32,34). The summed E-state index contributed by atoms with van der Waals surface area (Å²) < 4.78 is 44.0. The Labute approximate surface area is 210 Å². The second-order valence-electron chi connectivity index (χ2n) is 7.60. The molecule has 1 unspecified atom stereocenters. The molecular weight excluding hydrogens is 491 g/mol. The fourth-order valence-electron chi connectivity index (χ4n) is 3.05. The van der Waals surface area contributed by atoms with Gasteiger partial charge in [-0.1, -0.05) is 18.2 Å². The molecule has 0 spiro atoms. The molecule has 2 amide bonds. The van der Waals surface area contributed by atoms with Gasteiger partial charge >= 0.3 is 6.18 Å².